The van der Waals surface area contributed by atoms with Crippen LogP contribution in [0.2, 0.25) is 5.02 Å². The third kappa shape index (κ3) is 3.74. The maximum Gasteiger partial charge on any atom is 0.123 e. The molecule has 0 aromatic heterocycles. The van der Waals surface area contributed by atoms with E-state index in [4.69, 9.17) is 11.6 Å². The maximum atomic E-state index is 12.9. The van der Waals surface area contributed by atoms with Gasteiger partial charge in [-0.2, -0.15) is 0 Å². The molecule has 0 spiro atoms. The molecule has 0 heterocycles. The van der Waals surface area contributed by atoms with E-state index in [1.807, 2.05) is 6.92 Å². The fourth-order valence-corrected chi connectivity index (χ4v) is 1.74. The topological polar surface area (TPSA) is 40.5 Å². The molecule has 0 saturated heterocycles. The van der Waals surface area contributed by atoms with Crippen molar-refractivity contribution in [3.05, 3.63) is 34.6 Å². The summed E-state index contributed by atoms with van der Waals surface area (Å²) in [6.07, 6.45) is -0.218. The summed E-state index contributed by atoms with van der Waals surface area (Å²) < 4.78 is 12.9. The van der Waals surface area contributed by atoms with E-state index in [2.05, 4.69) is 0 Å². The zero-order chi connectivity index (χ0) is 12.1. The van der Waals surface area contributed by atoms with E-state index in [0.717, 1.165) is 6.42 Å². The van der Waals surface area contributed by atoms with Gasteiger partial charge in [-0.3, -0.25) is 0 Å². The first kappa shape index (κ1) is 13.4. The van der Waals surface area contributed by atoms with Gasteiger partial charge in [0.05, 0.1) is 12.2 Å². The summed E-state index contributed by atoms with van der Waals surface area (Å²) in [5, 5.41) is 19.6. The van der Waals surface area contributed by atoms with Gasteiger partial charge < -0.3 is 10.2 Å². The molecule has 16 heavy (non-hydrogen) atoms. The first-order valence-electron chi connectivity index (χ1n) is 5.34. The lowest BCUT2D eigenvalue weighted by atomic mass is 10.0. The lowest BCUT2D eigenvalue weighted by Crippen LogP contribution is -2.27. The summed E-state index contributed by atoms with van der Waals surface area (Å²) in [5.41, 5.74) is 0.518. The van der Waals surface area contributed by atoms with E-state index in [0.29, 0.717) is 17.0 Å². The Balaban J connectivity index is 2.68. The minimum Gasteiger partial charge on any atom is -0.390 e. The van der Waals surface area contributed by atoms with Crippen molar-refractivity contribution in [1.82, 2.24) is 0 Å². The van der Waals surface area contributed by atoms with Crippen molar-refractivity contribution in [2.24, 2.45) is 0 Å². The molecule has 0 aliphatic heterocycles. The predicted octanol–water partition coefficient (Wildman–Crippen LogP) is 2.54. The van der Waals surface area contributed by atoms with Crippen molar-refractivity contribution in [3.63, 3.8) is 0 Å². The number of rotatable bonds is 5. The summed E-state index contributed by atoms with van der Waals surface area (Å²) >= 11 is 5.86. The van der Waals surface area contributed by atoms with Crippen LogP contribution in [0.4, 0.5) is 4.39 Å². The average Bonchev–Trinajstić information content (AvgIpc) is 2.23. The van der Waals surface area contributed by atoms with Crippen LogP contribution < -0.4 is 0 Å². The molecule has 90 valence electrons. The summed E-state index contributed by atoms with van der Waals surface area (Å²) in [6.45, 7) is 1.92. The molecule has 0 aliphatic carbocycles. The summed E-state index contributed by atoms with van der Waals surface area (Å²) in [5.74, 6) is -0.392. The maximum absolute atomic E-state index is 12.9. The fourth-order valence-electron chi connectivity index (χ4n) is 1.55. The van der Waals surface area contributed by atoms with E-state index < -0.39 is 18.0 Å². The largest absolute Gasteiger partial charge is 0.390 e. The third-order valence-corrected chi connectivity index (χ3v) is 2.83. The van der Waals surface area contributed by atoms with Gasteiger partial charge in [-0.15, -0.1) is 0 Å². The lowest BCUT2D eigenvalue weighted by Gasteiger charge is -2.17. The molecule has 2 unspecified atom stereocenters. The van der Waals surface area contributed by atoms with E-state index in [1.54, 1.807) is 0 Å². The van der Waals surface area contributed by atoms with Gasteiger partial charge in [-0.1, -0.05) is 24.9 Å². The molecule has 0 aliphatic rings. The van der Waals surface area contributed by atoms with Crippen LogP contribution in [0, 0.1) is 5.82 Å². The molecule has 0 amide bonds. The Bertz CT molecular complexity index is 344. The standard InChI is InChI=1S/C12H16ClFO2/c1-2-3-11(15)12(16)7-8-6-9(14)4-5-10(8)13/h4-6,11-12,15-16H,2-3,7H2,1H3. The molecule has 1 aromatic carbocycles. The second kappa shape index (κ2) is 6.18. The van der Waals surface area contributed by atoms with Crippen molar-refractivity contribution in [3.8, 4) is 0 Å². The van der Waals surface area contributed by atoms with Crippen molar-refractivity contribution >= 4 is 11.6 Å². The first-order valence-corrected chi connectivity index (χ1v) is 5.72. The normalized spacial score (nSPS) is 14.8. The highest BCUT2D eigenvalue weighted by Gasteiger charge is 2.17. The van der Waals surface area contributed by atoms with Crippen molar-refractivity contribution < 1.29 is 14.6 Å². The van der Waals surface area contributed by atoms with Crippen LogP contribution in [0.15, 0.2) is 18.2 Å². The molecular formula is C12H16ClFO2. The molecule has 0 saturated carbocycles. The summed E-state index contributed by atoms with van der Waals surface area (Å²) in [4.78, 5) is 0. The Morgan fingerprint density at radius 2 is 2.00 bits per heavy atom. The Hall–Kier alpha value is -0.640. The van der Waals surface area contributed by atoms with Crippen LogP contribution in [0.3, 0.4) is 0 Å². The van der Waals surface area contributed by atoms with Crippen LogP contribution in [0.5, 0.6) is 0 Å². The molecule has 0 fully saturated rings. The van der Waals surface area contributed by atoms with Crippen LogP contribution in [-0.2, 0) is 6.42 Å². The number of benzene rings is 1. The molecule has 4 heteroatoms. The monoisotopic (exact) mass is 246 g/mol. The number of halogens is 2. The van der Waals surface area contributed by atoms with Gasteiger partial charge in [0, 0.05) is 11.4 Å². The molecule has 1 rings (SSSR count). The van der Waals surface area contributed by atoms with Gasteiger partial charge in [0.25, 0.3) is 0 Å². The number of aliphatic hydroxyl groups excluding tert-OH is 2. The molecule has 0 bridgehead atoms. The van der Waals surface area contributed by atoms with Gasteiger partial charge in [0.1, 0.15) is 5.82 Å². The average molecular weight is 247 g/mol. The smallest absolute Gasteiger partial charge is 0.123 e. The molecular weight excluding hydrogens is 231 g/mol. The highest BCUT2D eigenvalue weighted by molar-refractivity contribution is 6.31. The summed E-state index contributed by atoms with van der Waals surface area (Å²) in [6, 6.07) is 4.00. The Morgan fingerprint density at radius 1 is 1.31 bits per heavy atom. The fraction of sp³-hybridized carbons (Fsp3) is 0.500. The zero-order valence-corrected chi connectivity index (χ0v) is 9.91. The molecule has 2 atom stereocenters. The highest BCUT2D eigenvalue weighted by atomic mass is 35.5. The minimum atomic E-state index is -0.903. The van der Waals surface area contributed by atoms with Crippen molar-refractivity contribution in [2.75, 3.05) is 0 Å². The van der Waals surface area contributed by atoms with Gasteiger partial charge >= 0.3 is 0 Å². The van der Waals surface area contributed by atoms with Crippen LogP contribution in [0.1, 0.15) is 25.3 Å². The third-order valence-electron chi connectivity index (χ3n) is 2.47. The van der Waals surface area contributed by atoms with Crippen molar-refractivity contribution in [2.45, 2.75) is 38.4 Å². The molecule has 1 aromatic rings. The van der Waals surface area contributed by atoms with E-state index >= 15 is 0 Å². The Kier molecular flexibility index (Phi) is 5.19. The molecule has 2 nitrogen and oxygen atoms in total. The first-order chi connectivity index (χ1) is 7.54. The molecule has 2 N–H and O–H groups in total. The molecule has 0 radical (unpaired) electrons. The van der Waals surface area contributed by atoms with E-state index in [9.17, 15) is 14.6 Å². The van der Waals surface area contributed by atoms with E-state index in [1.165, 1.54) is 18.2 Å². The highest BCUT2D eigenvalue weighted by Crippen LogP contribution is 2.20. The second-order valence-electron chi connectivity index (χ2n) is 3.86. The number of aliphatic hydroxyl groups is 2. The van der Waals surface area contributed by atoms with Crippen LogP contribution in [0.25, 0.3) is 0 Å². The van der Waals surface area contributed by atoms with Crippen LogP contribution in [-0.4, -0.2) is 22.4 Å². The zero-order valence-electron chi connectivity index (χ0n) is 9.16. The van der Waals surface area contributed by atoms with Gasteiger partial charge in [0.2, 0.25) is 0 Å². The quantitative estimate of drug-likeness (QED) is 0.838. The van der Waals surface area contributed by atoms with E-state index in [-0.39, 0.29) is 6.42 Å². The van der Waals surface area contributed by atoms with Gasteiger partial charge in [-0.25, -0.2) is 4.39 Å². The lowest BCUT2D eigenvalue weighted by molar-refractivity contribution is 0.0148. The Morgan fingerprint density at radius 3 is 2.62 bits per heavy atom. The Labute approximate surface area is 99.7 Å². The van der Waals surface area contributed by atoms with Gasteiger partial charge in [0.15, 0.2) is 0 Å². The minimum absolute atomic E-state index is 0.164. The second-order valence-corrected chi connectivity index (χ2v) is 4.27. The van der Waals surface area contributed by atoms with Crippen molar-refractivity contribution in [1.29, 1.82) is 0 Å². The van der Waals surface area contributed by atoms with Crippen LogP contribution >= 0.6 is 11.6 Å². The predicted molar refractivity (Wildman–Crippen MR) is 62.0 cm³/mol. The summed E-state index contributed by atoms with van der Waals surface area (Å²) in [7, 11) is 0. The number of hydrogen-bond acceptors (Lipinski definition) is 2. The SMILES string of the molecule is CCCC(O)C(O)Cc1cc(F)ccc1Cl. The van der Waals surface area contributed by atoms with Gasteiger partial charge in [-0.05, 0) is 30.2 Å². The number of hydrogen-bond donors (Lipinski definition) is 2.